The standard InChI is InChI=1S/C14H27NO2/c1-5-14(12(16)17)7-10-15(11-8-14)9-6-13(2,3)4/h5-11H2,1-4H3,(H,16,17). The monoisotopic (exact) mass is 241 g/mol. The molecule has 0 aromatic rings. The number of carboxylic acids is 1. The molecule has 0 spiro atoms. The molecule has 1 aliphatic rings. The van der Waals surface area contributed by atoms with Gasteiger partial charge in [0.25, 0.3) is 0 Å². The van der Waals surface area contributed by atoms with Crippen LogP contribution in [0.4, 0.5) is 0 Å². The van der Waals surface area contributed by atoms with Crippen LogP contribution in [0, 0.1) is 10.8 Å². The molecule has 1 rings (SSSR count). The van der Waals surface area contributed by atoms with Gasteiger partial charge in [0.05, 0.1) is 5.41 Å². The van der Waals surface area contributed by atoms with Crippen molar-refractivity contribution in [2.75, 3.05) is 19.6 Å². The number of rotatable bonds is 4. The van der Waals surface area contributed by atoms with Gasteiger partial charge in [-0.3, -0.25) is 4.79 Å². The van der Waals surface area contributed by atoms with Crippen LogP contribution >= 0.6 is 0 Å². The fourth-order valence-corrected chi connectivity index (χ4v) is 2.42. The molecule has 1 N–H and O–H groups in total. The Morgan fingerprint density at radius 3 is 2.18 bits per heavy atom. The van der Waals surface area contributed by atoms with Gasteiger partial charge in [-0.2, -0.15) is 0 Å². The molecule has 0 aromatic carbocycles. The number of aliphatic carboxylic acids is 1. The highest BCUT2D eigenvalue weighted by molar-refractivity contribution is 5.74. The topological polar surface area (TPSA) is 40.5 Å². The smallest absolute Gasteiger partial charge is 0.309 e. The first-order valence-electron chi connectivity index (χ1n) is 6.75. The molecule has 0 radical (unpaired) electrons. The molecule has 1 saturated heterocycles. The van der Waals surface area contributed by atoms with E-state index >= 15 is 0 Å². The fraction of sp³-hybridized carbons (Fsp3) is 0.929. The maximum Gasteiger partial charge on any atom is 0.309 e. The Morgan fingerprint density at radius 2 is 1.82 bits per heavy atom. The van der Waals surface area contributed by atoms with Crippen LogP contribution in [0.2, 0.25) is 0 Å². The Balaban J connectivity index is 2.42. The second-order valence-corrected chi connectivity index (χ2v) is 6.59. The van der Waals surface area contributed by atoms with Crippen molar-refractivity contribution in [3.63, 3.8) is 0 Å². The van der Waals surface area contributed by atoms with Crippen LogP contribution < -0.4 is 0 Å². The third kappa shape index (κ3) is 3.98. The van der Waals surface area contributed by atoms with Crippen LogP contribution in [0.25, 0.3) is 0 Å². The number of hydrogen-bond donors (Lipinski definition) is 1. The number of piperidine rings is 1. The summed E-state index contributed by atoms with van der Waals surface area (Å²) in [6, 6.07) is 0. The van der Waals surface area contributed by atoms with Crippen molar-refractivity contribution in [2.45, 2.75) is 53.4 Å². The molecule has 1 fully saturated rings. The van der Waals surface area contributed by atoms with Gasteiger partial charge in [0.2, 0.25) is 0 Å². The van der Waals surface area contributed by atoms with Crippen LogP contribution in [-0.4, -0.2) is 35.6 Å². The van der Waals surface area contributed by atoms with Crippen LogP contribution in [0.3, 0.4) is 0 Å². The summed E-state index contributed by atoms with van der Waals surface area (Å²) >= 11 is 0. The molecule has 0 saturated carbocycles. The van der Waals surface area contributed by atoms with Crippen molar-refractivity contribution in [3.05, 3.63) is 0 Å². The average Bonchev–Trinajstić information content (AvgIpc) is 2.26. The van der Waals surface area contributed by atoms with Gasteiger partial charge in [-0.05, 0) is 50.7 Å². The molecule has 1 aliphatic heterocycles. The first kappa shape index (κ1) is 14.5. The van der Waals surface area contributed by atoms with Crippen LogP contribution in [0.5, 0.6) is 0 Å². The Hall–Kier alpha value is -0.570. The summed E-state index contributed by atoms with van der Waals surface area (Å²) in [4.78, 5) is 13.7. The second-order valence-electron chi connectivity index (χ2n) is 6.59. The molecule has 0 aromatic heterocycles. The summed E-state index contributed by atoms with van der Waals surface area (Å²) in [6.45, 7) is 11.7. The Labute approximate surface area is 105 Å². The number of carboxylic acid groups (broad SMARTS) is 1. The molecule has 1 heterocycles. The normalized spacial score (nSPS) is 21.4. The molecular formula is C14H27NO2. The summed E-state index contributed by atoms with van der Waals surface area (Å²) in [6.07, 6.45) is 3.56. The molecule has 0 bridgehead atoms. The van der Waals surface area contributed by atoms with Crippen LogP contribution in [0.1, 0.15) is 53.4 Å². The maximum atomic E-state index is 11.3. The predicted molar refractivity (Wildman–Crippen MR) is 70.1 cm³/mol. The zero-order valence-electron chi connectivity index (χ0n) is 11.8. The fourth-order valence-electron chi connectivity index (χ4n) is 2.42. The van der Waals surface area contributed by atoms with Gasteiger partial charge in [0.1, 0.15) is 0 Å². The van der Waals surface area contributed by atoms with Gasteiger partial charge in [0.15, 0.2) is 0 Å². The van der Waals surface area contributed by atoms with Crippen LogP contribution in [0.15, 0.2) is 0 Å². The van der Waals surface area contributed by atoms with E-state index in [2.05, 4.69) is 25.7 Å². The third-order valence-electron chi connectivity index (χ3n) is 4.12. The minimum absolute atomic E-state index is 0.367. The molecule has 0 amide bonds. The van der Waals surface area contributed by atoms with E-state index in [4.69, 9.17) is 0 Å². The summed E-state index contributed by atoms with van der Waals surface area (Å²) < 4.78 is 0. The first-order chi connectivity index (χ1) is 7.79. The largest absolute Gasteiger partial charge is 0.481 e. The van der Waals surface area contributed by atoms with Gasteiger partial charge >= 0.3 is 5.97 Å². The van der Waals surface area contributed by atoms with E-state index in [1.165, 1.54) is 6.42 Å². The van der Waals surface area contributed by atoms with Crippen molar-refractivity contribution < 1.29 is 9.90 Å². The van der Waals surface area contributed by atoms with Gasteiger partial charge < -0.3 is 10.0 Å². The van der Waals surface area contributed by atoms with Gasteiger partial charge in [0, 0.05) is 0 Å². The van der Waals surface area contributed by atoms with Crippen molar-refractivity contribution in [2.24, 2.45) is 10.8 Å². The zero-order valence-corrected chi connectivity index (χ0v) is 11.8. The SMILES string of the molecule is CCC1(C(=O)O)CCN(CCC(C)(C)C)CC1. The first-order valence-corrected chi connectivity index (χ1v) is 6.75. The zero-order chi connectivity index (χ0) is 13.1. The van der Waals surface area contributed by atoms with E-state index in [0.29, 0.717) is 5.41 Å². The van der Waals surface area contributed by atoms with Gasteiger partial charge in [-0.1, -0.05) is 27.7 Å². The highest BCUT2D eigenvalue weighted by Gasteiger charge is 2.39. The number of hydrogen-bond acceptors (Lipinski definition) is 2. The summed E-state index contributed by atoms with van der Waals surface area (Å²) in [5.41, 5.74) is -0.0790. The highest BCUT2D eigenvalue weighted by atomic mass is 16.4. The van der Waals surface area contributed by atoms with E-state index in [1.54, 1.807) is 0 Å². The molecule has 3 heteroatoms. The molecule has 0 atom stereocenters. The molecule has 100 valence electrons. The average molecular weight is 241 g/mol. The van der Waals surface area contributed by atoms with Crippen molar-refractivity contribution in [3.8, 4) is 0 Å². The Kier molecular flexibility index (Phi) is 4.59. The second kappa shape index (κ2) is 5.38. The van der Waals surface area contributed by atoms with E-state index in [-0.39, 0.29) is 0 Å². The van der Waals surface area contributed by atoms with Gasteiger partial charge in [-0.25, -0.2) is 0 Å². The lowest BCUT2D eigenvalue weighted by atomic mass is 9.76. The lowest BCUT2D eigenvalue weighted by molar-refractivity contribution is -0.152. The van der Waals surface area contributed by atoms with E-state index < -0.39 is 11.4 Å². The summed E-state index contributed by atoms with van der Waals surface area (Å²) in [7, 11) is 0. The van der Waals surface area contributed by atoms with Gasteiger partial charge in [-0.15, -0.1) is 0 Å². The van der Waals surface area contributed by atoms with Crippen molar-refractivity contribution in [1.82, 2.24) is 4.90 Å². The highest BCUT2D eigenvalue weighted by Crippen LogP contribution is 2.35. The van der Waals surface area contributed by atoms with Crippen molar-refractivity contribution >= 4 is 5.97 Å². The molecule has 0 aliphatic carbocycles. The molecule has 0 unspecified atom stereocenters. The number of carbonyl (C=O) groups is 1. The molecular weight excluding hydrogens is 214 g/mol. The lowest BCUT2D eigenvalue weighted by Crippen LogP contribution is -2.44. The summed E-state index contributed by atoms with van der Waals surface area (Å²) in [5, 5.41) is 9.32. The minimum atomic E-state index is -0.601. The van der Waals surface area contributed by atoms with E-state index in [0.717, 1.165) is 38.9 Å². The third-order valence-corrected chi connectivity index (χ3v) is 4.12. The molecule has 17 heavy (non-hydrogen) atoms. The van der Waals surface area contributed by atoms with Crippen molar-refractivity contribution in [1.29, 1.82) is 0 Å². The number of nitrogens with zero attached hydrogens (tertiary/aromatic N) is 1. The molecule has 3 nitrogen and oxygen atoms in total. The quantitative estimate of drug-likeness (QED) is 0.822. The Bertz CT molecular complexity index is 260. The number of likely N-dealkylation sites (tertiary alicyclic amines) is 1. The minimum Gasteiger partial charge on any atom is -0.481 e. The summed E-state index contributed by atoms with van der Waals surface area (Å²) in [5.74, 6) is -0.601. The predicted octanol–water partition coefficient (Wildman–Crippen LogP) is 3.00. The van der Waals surface area contributed by atoms with Crippen LogP contribution in [-0.2, 0) is 4.79 Å². The van der Waals surface area contributed by atoms with E-state index in [9.17, 15) is 9.90 Å². The van der Waals surface area contributed by atoms with E-state index in [1.807, 2.05) is 6.92 Å². The Morgan fingerprint density at radius 1 is 1.29 bits per heavy atom. The maximum absolute atomic E-state index is 11.3. The lowest BCUT2D eigenvalue weighted by Gasteiger charge is -2.39.